The number of hydrogen-bond donors (Lipinski definition) is 2. The number of carbonyl (C=O) groups excluding carboxylic acids is 1. The number of amides is 1. The monoisotopic (exact) mass is 436 g/mol. The molecule has 8 nitrogen and oxygen atoms in total. The van der Waals surface area contributed by atoms with E-state index in [2.05, 4.69) is 20.4 Å². The fourth-order valence-corrected chi connectivity index (χ4v) is 3.37. The van der Waals surface area contributed by atoms with E-state index in [1.807, 2.05) is 20.8 Å². The third kappa shape index (κ3) is 4.21. The Morgan fingerprint density at radius 1 is 1.34 bits per heavy atom. The summed E-state index contributed by atoms with van der Waals surface area (Å²) in [7, 11) is 0. The van der Waals surface area contributed by atoms with Gasteiger partial charge in [-0.15, -0.1) is 0 Å². The number of hydrogen-bond acceptors (Lipinski definition) is 6. The molecule has 0 radical (unpaired) electrons. The number of fused-ring (bicyclic) bond motifs is 1. The van der Waals surface area contributed by atoms with Crippen LogP contribution in [0.1, 0.15) is 63.1 Å². The first kappa shape index (κ1) is 16.9. The average molecular weight is 437 g/mol. The van der Waals surface area contributed by atoms with Crippen LogP contribution < -0.4 is 11.1 Å². The molecule has 4 rings (SSSR count). The van der Waals surface area contributed by atoms with Crippen LogP contribution >= 0.6 is 0 Å². The van der Waals surface area contributed by atoms with Crippen molar-refractivity contribution in [3.63, 3.8) is 0 Å². The smallest absolute Gasteiger partial charge is 0.230 e. The lowest BCUT2D eigenvalue weighted by molar-refractivity contribution is -0.115. The average Bonchev–Trinajstić information content (AvgIpc) is 3.39. The van der Waals surface area contributed by atoms with Gasteiger partial charge in [-0.1, -0.05) is 64.0 Å². The summed E-state index contributed by atoms with van der Waals surface area (Å²) in [6.07, 6.45) is 3.10. The topological polar surface area (TPSA) is 111 Å². The van der Waals surface area contributed by atoms with Crippen LogP contribution in [0.3, 0.4) is 0 Å². The van der Waals surface area contributed by atoms with Crippen LogP contribution in [0.2, 0.25) is 0 Å². The molecule has 1 amide bonds. The number of nitrogen functional groups attached to an aromatic ring is 1. The molecule has 0 bridgehead atoms. The van der Waals surface area contributed by atoms with Crippen LogP contribution in [0.25, 0.3) is 16.8 Å². The molecule has 0 aliphatic carbocycles. The second kappa shape index (κ2) is 8.11. The molecule has 0 saturated heterocycles. The van der Waals surface area contributed by atoms with Gasteiger partial charge in [0.05, 0.1) is 6.42 Å². The van der Waals surface area contributed by atoms with E-state index in [1.165, 1.54) is 17.5 Å². The van der Waals surface area contributed by atoms with Gasteiger partial charge in [-0.25, -0.2) is 9.97 Å². The van der Waals surface area contributed by atoms with Crippen LogP contribution in [0.15, 0.2) is 47.2 Å². The second-order valence-corrected chi connectivity index (χ2v) is 8.69. The summed E-state index contributed by atoms with van der Waals surface area (Å²) in [4.78, 5) is 21.2. The molecule has 4 aromatic rings. The molecule has 1 atom stereocenters. The van der Waals surface area contributed by atoms with Crippen molar-refractivity contribution in [3.8, 4) is 11.3 Å². The number of anilines is 2. The third-order valence-electron chi connectivity index (χ3n) is 5.03. The summed E-state index contributed by atoms with van der Waals surface area (Å²) in [6, 6.07) is 8.80. The van der Waals surface area contributed by atoms with E-state index in [9.17, 15) is 4.79 Å². The lowest BCUT2D eigenvalue weighted by Gasteiger charge is -2.12. The highest BCUT2D eigenvalue weighted by Gasteiger charge is 2.21. The van der Waals surface area contributed by atoms with E-state index in [1.54, 1.807) is 36.5 Å². The van der Waals surface area contributed by atoms with Gasteiger partial charge >= 0.3 is 0 Å². The summed E-state index contributed by atoms with van der Waals surface area (Å²) in [5.74, 6) is -1.000. The summed E-state index contributed by atoms with van der Waals surface area (Å²) in [5, 5.41) is 6.64. The summed E-state index contributed by atoms with van der Waals surface area (Å²) >= 11 is 0. The maximum Gasteiger partial charge on any atom is 0.230 e. The Balaban J connectivity index is 1.60. The molecular weight excluding hydrogens is 404 g/mol. The maximum absolute atomic E-state index is 12.5. The van der Waals surface area contributed by atoms with Crippen LogP contribution in [-0.2, 0) is 16.6 Å². The molecular formula is C24H28N6O2. The Bertz CT molecular complexity index is 1420. The van der Waals surface area contributed by atoms with Crippen molar-refractivity contribution < 1.29 is 14.8 Å². The predicted octanol–water partition coefficient (Wildman–Crippen LogP) is 4.57. The minimum Gasteiger partial charge on any atom is -0.382 e. The van der Waals surface area contributed by atoms with Crippen molar-refractivity contribution in [1.82, 2.24) is 19.5 Å². The van der Waals surface area contributed by atoms with Gasteiger partial charge in [-0.05, 0) is 5.56 Å². The molecule has 0 fully saturated rings. The zero-order chi connectivity index (χ0) is 26.5. The quantitative estimate of drug-likeness (QED) is 0.474. The number of benzene rings is 1. The predicted molar refractivity (Wildman–Crippen MR) is 124 cm³/mol. The zero-order valence-electron chi connectivity index (χ0n) is 22.4. The van der Waals surface area contributed by atoms with Gasteiger partial charge < -0.3 is 15.6 Å². The van der Waals surface area contributed by atoms with Gasteiger partial charge in [0.15, 0.2) is 5.82 Å². The van der Waals surface area contributed by atoms with Crippen molar-refractivity contribution in [1.29, 1.82) is 0 Å². The highest BCUT2D eigenvalue weighted by molar-refractivity contribution is 5.91. The van der Waals surface area contributed by atoms with Gasteiger partial charge in [-0.2, -0.15) is 0 Å². The first-order chi connectivity index (χ1) is 16.7. The first-order valence-corrected chi connectivity index (χ1v) is 10.2. The van der Waals surface area contributed by atoms with E-state index >= 15 is 0 Å². The number of imidazole rings is 1. The minimum absolute atomic E-state index is 0.0345. The molecule has 0 aliphatic heterocycles. The van der Waals surface area contributed by atoms with Crippen LogP contribution in [-0.4, -0.2) is 25.4 Å². The SMILES string of the molecule is [2H]C([2H])([2H])C([2H])(C)c1nc(-c2ccc(CC(=O)Nc3cc(C(C)(C)C)on3)cc2)c2c(N)nccn12. The molecule has 1 unspecified atom stereocenters. The lowest BCUT2D eigenvalue weighted by Crippen LogP contribution is -2.14. The highest BCUT2D eigenvalue weighted by atomic mass is 16.5. The van der Waals surface area contributed by atoms with E-state index < -0.39 is 12.7 Å². The molecule has 166 valence electrons. The third-order valence-corrected chi connectivity index (χ3v) is 5.03. The number of nitrogens with two attached hydrogens (primary N) is 1. The molecule has 0 spiro atoms. The standard InChI is InChI=1S/C24H28N6O2/c1-14(2)23-28-20(21-22(25)26-10-11-30(21)23)16-8-6-15(7-9-16)12-19(31)27-18-13-17(32-29-18)24(3,4)5/h6-11,13-14H,12H2,1-5H3,(H2,25,26)(H,27,29,31)/i1D3,14D. The Morgan fingerprint density at radius 3 is 2.75 bits per heavy atom. The normalized spacial score (nSPS) is 16.0. The van der Waals surface area contributed by atoms with Gasteiger partial charge in [0.25, 0.3) is 0 Å². The van der Waals surface area contributed by atoms with E-state index in [0.29, 0.717) is 28.4 Å². The van der Waals surface area contributed by atoms with Gasteiger partial charge in [-0.3, -0.25) is 9.20 Å². The molecule has 3 heterocycles. The first-order valence-electron chi connectivity index (χ1n) is 12.2. The van der Waals surface area contributed by atoms with E-state index in [0.717, 1.165) is 5.56 Å². The van der Waals surface area contributed by atoms with Crippen molar-refractivity contribution in [2.24, 2.45) is 0 Å². The van der Waals surface area contributed by atoms with Crippen molar-refractivity contribution in [2.75, 3.05) is 11.1 Å². The number of aromatic nitrogens is 4. The molecule has 8 heteroatoms. The Kier molecular flexibility index (Phi) is 4.29. The van der Waals surface area contributed by atoms with Crippen LogP contribution in [0.4, 0.5) is 11.6 Å². The second-order valence-electron chi connectivity index (χ2n) is 8.69. The number of carbonyl (C=O) groups is 1. The zero-order valence-corrected chi connectivity index (χ0v) is 18.4. The Morgan fingerprint density at radius 2 is 2.09 bits per heavy atom. The molecule has 1 aromatic carbocycles. The van der Waals surface area contributed by atoms with Gasteiger partial charge in [0.1, 0.15) is 28.6 Å². The highest BCUT2D eigenvalue weighted by Crippen LogP contribution is 2.30. The largest absolute Gasteiger partial charge is 0.382 e. The van der Waals surface area contributed by atoms with Gasteiger partial charge in [0, 0.05) is 40.8 Å². The fraction of sp³-hybridized carbons (Fsp3) is 0.333. The number of nitrogens with zero attached hydrogens (tertiary/aromatic N) is 4. The van der Waals surface area contributed by atoms with E-state index in [-0.39, 0.29) is 29.4 Å². The molecule has 3 aromatic heterocycles. The summed E-state index contributed by atoms with van der Waals surface area (Å²) < 4.78 is 38.8. The van der Waals surface area contributed by atoms with E-state index in [4.69, 9.17) is 15.7 Å². The fourth-order valence-electron chi connectivity index (χ4n) is 3.37. The Hall–Kier alpha value is -3.68. The summed E-state index contributed by atoms with van der Waals surface area (Å²) in [6.45, 7) is 4.66. The maximum atomic E-state index is 12.5. The van der Waals surface area contributed by atoms with Crippen LogP contribution in [0, 0.1) is 0 Å². The molecule has 32 heavy (non-hydrogen) atoms. The molecule has 0 aliphatic rings. The van der Waals surface area contributed by atoms with Crippen molar-refractivity contribution >= 4 is 23.1 Å². The molecule has 0 saturated carbocycles. The molecule has 3 N–H and O–H groups in total. The van der Waals surface area contributed by atoms with Gasteiger partial charge in [0.2, 0.25) is 5.91 Å². The number of nitrogens with one attached hydrogen (secondary N) is 1. The Labute approximate surface area is 192 Å². The van der Waals surface area contributed by atoms with Crippen molar-refractivity contribution in [3.05, 3.63) is 59.9 Å². The number of rotatable bonds is 5. The minimum atomic E-state index is -2.61. The van der Waals surface area contributed by atoms with Crippen LogP contribution in [0.5, 0.6) is 0 Å². The lowest BCUT2D eigenvalue weighted by atomic mass is 9.93. The van der Waals surface area contributed by atoms with Crippen molar-refractivity contribution in [2.45, 2.75) is 52.3 Å². The summed E-state index contributed by atoms with van der Waals surface area (Å²) in [5.41, 5.74) is 8.12.